The van der Waals surface area contributed by atoms with E-state index in [0.717, 1.165) is 5.02 Å². The van der Waals surface area contributed by atoms with Crippen LogP contribution < -0.4 is 0 Å². The molecule has 0 saturated carbocycles. The second-order valence-electron chi connectivity index (χ2n) is 5.27. The van der Waals surface area contributed by atoms with Crippen molar-refractivity contribution in [3.63, 3.8) is 0 Å². The predicted molar refractivity (Wildman–Crippen MR) is 90.1 cm³/mol. The van der Waals surface area contributed by atoms with Crippen molar-refractivity contribution in [3.8, 4) is 33.4 Å². The van der Waals surface area contributed by atoms with Crippen molar-refractivity contribution in [2.75, 3.05) is 0 Å². The van der Waals surface area contributed by atoms with Crippen LogP contribution >= 0.6 is 11.6 Å². The summed E-state index contributed by atoms with van der Waals surface area (Å²) in [4.78, 5) is 0. The molecule has 0 nitrogen and oxygen atoms in total. The van der Waals surface area contributed by atoms with Crippen LogP contribution in [0.2, 0.25) is 5.02 Å². The Morgan fingerprint density at radius 1 is 0.429 bits per heavy atom. The minimum Gasteiger partial charge on any atom is -0.0843 e. The number of hydrogen-bond acceptors (Lipinski definition) is 0. The number of rotatable bonds is 1. The van der Waals surface area contributed by atoms with Gasteiger partial charge in [-0.3, -0.25) is 0 Å². The molecule has 0 aromatic carbocycles. The Labute approximate surface area is 129 Å². The van der Waals surface area contributed by atoms with Gasteiger partial charge in [-0.2, -0.15) is 0 Å². The molecule has 100 valence electrons. The predicted octanol–water partition coefficient (Wildman–Crippen LogP) is 6.22. The van der Waals surface area contributed by atoms with Gasteiger partial charge in [0.05, 0.1) is 0 Å². The van der Waals surface area contributed by atoms with E-state index < -0.39 is 0 Å². The molecule has 0 radical (unpaired) electrons. The van der Waals surface area contributed by atoms with Crippen molar-refractivity contribution in [3.05, 3.63) is 83.9 Å². The van der Waals surface area contributed by atoms with E-state index in [1.165, 1.54) is 33.4 Å². The Morgan fingerprint density at radius 3 is 1.48 bits per heavy atom. The molecule has 4 aliphatic rings. The van der Waals surface area contributed by atoms with Gasteiger partial charge in [0.25, 0.3) is 0 Å². The SMILES string of the molecule is Clc1cc2ccc(-c3cc4cccccc-4c3)ccc-2c1. The van der Waals surface area contributed by atoms with Crippen molar-refractivity contribution in [2.45, 2.75) is 0 Å². The molecule has 0 heterocycles. The van der Waals surface area contributed by atoms with Crippen LogP contribution in [0.5, 0.6) is 0 Å². The van der Waals surface area contributed by atoms with E-state index >= 15 is 0 Å². The minimum absolute atomic E-state index is 0.796. The Morgan fingerprint density at radius 2 is 0.905 bits per heavy atom. The topological polar surface area (TPSA) is 0 Å². The summed E-state index contributed by atoms with van der Waals surface area (Å²) in [6.07, 6.45) is 0. The number of halogens is 1. The lowest BCUT2D eigenvalue weighted by Crippen LogP contribution is -1.65. The van der Waals surface area contributed by atoms with Gasteiger partial charge in [0.15, 0.2) is 0 Å². The molecule has 0 aliphatic heterocycles. The Kier molecular flexibility index (Phi) is 2.90. The molecule has 0 spiro atoms. The van der Waals surface area contributed by atoms with E-state index in [0.29, 0.717) is 0 Å². The summed E-state index contributed by atoms with van der Waals surface area (Å²) in [7, 11) is 0. The van der Waals surface area contributed by atoms with Crippen molar-refractivity contribution in [1.82, 2.24) is 0 Å². The second-order valence-corrected chi connectivity index (χ2v) is 5.71. The van der Waals surface area contributed by atoms with Gasteiger partial charge < -0.3 is 0 Å². The summed E-state index contributed by atoms with van der Waals surface area (Å²) >= 11 is 6.05. The highest BCUT2D eigenvalue weighted by atomic mass is 35.5. The molecule has 0 saturated heterocycles. The maximum absolute atomic E-state index is 6.05. The van der Waals surface area contributed by atoms with E-state index in [-0.39, 0.29) is 0 Å². The first-order valence-corrected chi connectivity index (χ1v) is 7.36. The maximum atomic E-state index is 6.05. The third-order valence-corrected chi connectivity index (χ3v) is 4.09. The molecular formula is C20H13Cl. The monoisotopic (exact) mass is 288 g/mol. The summed E-state index contributed by atoms with van der Waals surface area (Å²) < 4.78 is 0. The zero-order chi connectivity index (χ0) is 14.2. The second kappa shape index (κ2) is 4.91. The van der Waals surface area contributed by atoms with Crippen LogP contribution in [0.3, 0.4) is 0 Å². The van der Waals surface area contributed by atoms with Crippen LogP contribution in [0, 0.1) is 0 Å². The maximum Gasteiger partial charge on any atom is 0.0418 e. The van der Waals surface area contributed by atoms with E-state index in [9.17, 15) is 0 Å². The molecule has 0 N–H and O–H groups in total. The van der Waals surface area contributed by atoms with Crippen molar-refractivity contribution in [1.29, 1.82) is 0 Å². The van der Waals surface area contributed by atoms with Crippen LogP contribution in [0.1, 0.15) is 0 Å². The number of hydrogen-bond donors (Lipinski definition) is 0. The normalized spacial score (nSPS) is 11.1. The fourth-order valence-corrected chi connectivity index (χ4v) is 3.02. The summed E-state index contributed by atoms with van der Waals surface area (Å²) in [6.45, 7) is 0. The van der Waals surface area contributed by atoms with E-state index in [2.05, 4.69) is 66.7 Å². The molecule has 4 rings (SSSR count). The van der Waals surface area contributed by atoms with Crippen molar-refractivity contribution in [2.24, 2.45) is 0 Å². The smallest absolute Gasteiger partial charge is 0.0418 e. The summed E-state index contributed by atoms with van der Waals surface area (Å²) in [5.41, 5.74) is 7.36. The quantitative estimate of drug-likeness (QED) is 0.390. The average molecular weight is 289 g/mol. The van der Waals surface area contributed by atoms with Gasteiger partial charge >= 0.3 is 0 Å². The standard InChI is InChI=1S/C20H13Cl/c21-20-12-17-8-6-14(7-9-18(17)13-20)19-10-15-4-2-1-3-5-16(15)11-19/h1-13H. The number of fused-ring (bicyclic) bond motifs is 2. The molecule has 0 amide bonds. The Hall–Kier alpha value is -2.31. The average Bonchev–Trinajstić information content (AvgIpc) is 2.88. The zero-order valence-electron chi connectivity index (χ0n) is 11.4. The van der Waals surface area contributed by atoms with Crippen LogP contribution in [0.4, 0.5) is 0 Å². The van der Waals surface area contributed by atoms with Crippen LogP contribution in [-0.4, -0.2) is 0 Å². The first-order valence-electron chi connectivity index (χ1n) is 6.98. The molecule has 0 atom stereocenters. The molecule has 0 bridgehead atoms. The molecule has 0 aromatic heterocycles. The first kappa shape index (κ1) is 12.4. The molecule has 0 aromatic rings. The molecular weight excluding hydrogens is 276 g/mol. The van der Waals surface area contributed by atoms with Crippen molar-refractivity contribution >= 4 is 11.6 Å². The fraction of sp³-hybridized carbons (Fsp3) is 0. The van der Waals surface area contributed by atoms with E-state index in [1.807, 2.05) is 12.1 Å². The van der Waals surface area contributed by atoms with Crippen LogP contribution in [0.25, 0.3) is 33.4 Å². The third-order valence-electron chi connectivity index (χ3n) is 3.87. The highest BCUT2D eigenvalue weighted by Crippen LogP contribution is 2.34. The largest absolute Gasteiger partial charge is 0.0843 e. The highest BCUT2D eigenvalue weighted by molar-refractivity contribution is 6.31. The molecule has 0 fully saturated rings. The first-order chi connectivity index (χ1) is 10.3. The van der Waals surface area contributed by atoms with Gasteiger partial charge in [0, 0.05) is 5.02 Å². The van der Waals surface area contributed by atoms with E-state index in [1.54, 1.807) is 0 Å². The molecule has 0 unspecified atom stereocenters. The van der Waals surface area contributed by atoms with Gasteiger partial charge in [-0.1, -0.05) is 66.2 Å². The van der Waals surface area contributed by atoms with Gasteiger partial charge in [0.2, 0.25) is 0 Å². The summed E-state index contributed by atoms with van der Waals surface area (Å²) in [6, 6.07) is 27.6. The van der Waals surface area contributed by atoms with Gasteiger partial charge in [-0.15, -0.1) is 0 Å². The summed E-state index contributed by atoms with van der Waals surface area (Å²) in [5.74, 6) is 0. The highest BCUT2D eigenvalue weighted by Gasteiger charge is 2.08. The van der Waals surface area contributed by atoms with Gasteiger partial charge in [0.1, 0.15) is 0 Å². The lowest BCUT2D eigenvalue weighted by Gasteiger charge is -1.91. The Bertz CT molecular complexity index is 798. The lowest BCUT2D eigenvalue weighted by atomic mass is 10.1. The zero-order valence-corrected chi connectivity index (χ0v) is 12.1. The molecule has 21 heavy (non-hydrogen) atoms. The molecule has 1 heteroatoms. The minimum atomic E-state index is 0.796. The third kappa shape index (κ3) is 2.28. The molecule has 4 aliphatic carbocycles. The van der Waals surface area contributed by atoms with E-state index in [4.69, 9.17) is 11.6 Å². The van der Waals surface area contributed by atoms with Crippen LogP contribution in [0.15, 0.2) is 78.9 Å². The van der Waals surface area contributed by atoms with Crippen LogP contribution in [-0.2, 0) is 0 Å². The Balaban J connectivity index is 1.87. The fourth-order valence-electron chi connectivity index (χ4n) is 2.78. The van der Waals surface area contributed by atoms with Gasteiger partial charge in [-0.05, 0) is 57.6 Å². The van der Waals surface area contributed by atoms with Crippen molar-refractivity contribution < 1.29 is 0 Å². The lowest BCUT2D eigenvalue weighted by molar-refractivity contribution is 1.76. The summed E-state index contributed by atoms with van der Waals surface area (Å²) in [5, 5.41) is 0.796. The van der Waals surface area contributed by atoms with Gasteiger partial charge in [-0.25, -0.2) is 0 Å².